The molecule has 0 unspecified atom stereocenters. The van der Waals surface area contributed by atoms with E-state index in [1.807, 2.05) is 0 Å². The summed E-state index contributed by atoms with van der Waals surface area (Å²) in [5, 5.41) is 2.69. The molecular weight excluding hydrogens is 468 g/mol. The predicted molar refractivity (Wildman–Crippen MR) is 120 cm³/mol. The standard InChI is InChI=1S/C24H21F2NO6S/c1-2-32-20-11-7-6-10-19(20)27-22(28)21(16-8-4-3-5-9-16)33-23(29)17-12-14-18(15-13-17)34(30,31)24(25)26/h3-15,21,24H,2H2,1H3,(H,27,28)/t21-/m0/s1. The number of alkyl halides is 2. The molecule has 0 fully saturated rings. The fraction of sp³-hybridized carbons (Fsp3) is 0.167. The number of rotatable bonds is 9. The van der Waals surface area contributed by atoms with Gasteiger partial charge in [-0.25, -0.2) is 13.2 Å². The topological polar surface area (TPSA) is 98.8 Å². The van der Waals surface area contributed by atoms with Gasteiger partial charge < -0.3 is 14.8 Å². The van der Waals surface area contributed by atoms with E-state index in [1.165, 1.54) is 0 Å². The van der Waals surface area contributed by atoms with Crippen LogP contribution in [0.1, 0.15) is 28.9 Å². The Hall–Kier alpha value is -3.79. The SMILES string of the molecule is CCOc1ccccc1NC(=O)[C@@H](OC(=O)c1ccc(S(=O)(=O)C(F)F)cc1)c1ccccc1. The third-order valence-electron chi connectivity index (χ3n) is 4.66. The summed E-state index contributed by atoms with van der Waals surface area (Å²) in [5.74, 6) is -4.74. The maximum atomic E-state index is 13.1. The van der Waals surface area contributed by atoms with E-state index >= 15 is 0 Å². The van der Waals surface area contributed by atoms with Gasteiger partial charge in [0.25, 0.3) is 5.91 Å². The molecule has 10 heteroatoms. The minimum absolute atomic E-state index is 0.114. The Morgan fingerprint density at radius 2 is 1.53 bits per heavy atom. The molecule has 0 aromatic heterocycles. The van der Waals surface area contributed by atoms with E-state index in [2.05, 4.69) is 5.32 Å². The third-order valence-corrected chi connectivity index (χ3v) is 6.06. The summed E-state index contributed by atoms with van der Waals surface area (Å²) in [6.07, 6.45) is -1.35. The van der Waals surface area contributed by atoms with Crippen LogP contribution in [0.2, 0.25) is 0 Å². The number of anilines is 1. The Morgan fingerprint density at radius 3 is 2.15 bits per heavy atom. The molecule has 1 N–H and O–H groups in total. The number of benzene rings is 3. The van der Waals surface area contributed by atoms with Gasteiger partial charge in [0.2, 0.25) is 15.9 Å². The van der Waals surface area contributed by atoms with E-state index in [9.17, 15) is 26.8 Å². The minimum Gasteiger partial charge on any atom is -0.492 e. The summed E-state index contributed by atoms with van der Waals surface area (Å²) in [6, 6.07) is 18.9. The quantitative estimate of drug-likeness (QED) is 0.441. The van der Waals surface area contributed by atoms with Crippen molar-refractivity contribution in [3.05, 3.63) is 90.0 Å². The van der Waals surface area contributed by atoms with Gasteiger partial charge in [-0.1, -0.05) is 42.5 Å². The summed E-state index contributed by atoms with van der Waals surface area (Å²) in [6.45, 7) is 2.17. The first kappa shape index (κ1) is 24.8. The van der Waals surface area contributed by atoms with E-state index in [4.69, 9.17) is 9.47 Å². The van der Waals surface area contributed by atoms with Gasteiger partial charge in [-0.2, -0.15) is 8.78 Å². The van der Waals surface area contributed by atoms with Gasteiger partial charge in [-0.15, -0.1) is 0 Å². The van der Waals surface area contributed by atoms with Crippen molar-refractivity contribution in [2.45, 2.75) is 23.7 Å². The number of halogens is 2. The Balaban J connectivity index is 1.85. The van der Waals surface area contributed by atoms with Crippen molar-refractivity contribution in [2.75, 3.05) is 11.9 Å². The number of amides is 1. The lowest BCUT2D eigenvalue weighted by atomic mass is 10.1. The van der Waals surface area contributed by atoms with E-state index in [1.54, 1.807) is 61.5 Å². The molecule has 0 aliphatic heterocycles. The summed E-state index contributed by atoms with van der Waals surface area (Å²) >= 11 is 0. The van der Waals surface area contributed by atoms with Crippen LogP contribution in [0.25, 0.3) is 0 Å². The number of hydrogen-bond donors (Lipinski definition) is 1. The molecule has 3 aromatic rings. The fourth-order valence-electron chi connectivity index (χ4n) is 3.01. The predicted octanol–water partition coefficient (Wildman–Crippen LogP) is 4.62. The Morgan fingerprint density at radius 1 is 0.912 bits per heavy atom. The lowest BCUT2D eigenvalue weighted by Crippen LogP contribution is -2.26. The highest BCUT2D eigenvalue weighted by atomic mass is 32.2. The summed E-state index contributed by atoms with van der Waals surface area (Å²) in [4.78, 5) is 25.2. The molecule has 0 aliphatic rings. The van der Waals surface area contributed by atoms with Crippen LogP contribution in [0, 0.1) is 0 Å². The van der Waals surface area contributed by atoms with Gasteiger partial charge in [-0.3, -0.25) is 4.79 Å². The first-order valence-electron chi connectivity index (χ1n) is 10.1. The van der Waals surface area contributed by atoms with Crippen molar-refractivity contribution in [3.63, 3.8) is 0 Å². The maximum Gasteiger partial charge on any atom is 0.341 e. The van der Waals surface area contributed by atoms with Gasteiger partial charge in [0.1, 0.15) is 5.75 Å². The number of esters is 1. The lowest BCUT2D eigenvalue weighted by Gasteiger charge is -2.19. The van der Waals surface area contributed by atoms with Crippen molar-refractivity contribution >= 4 is 27.4 Å². The molecule has 0 spiro atoms. The normalized spacial score (nSPS) is 12.1. The monoisotopic (exact) mass is 489 g/mol. The number of sulfone groups is 1. The van der Waals surface area contributed by atoms with Gasteiger partial charge in [0, 0.05) is 5.56 Å². The number of hydrogen-bond acceptors (Lipinski definition) is 6. The molecular formula is C24H21F2NO6S. The van der Waals surface area contributed by atoms with Crippen molar-refractivity contribution in [2.24, 2.45) is 0 Å². The van der Waals surface area contributed by atoms with E-state index in [-0.39, 0.29) is 5.56 Å². The summed E-state index contributed by atoms with van der Waals surface area (Å²) in [7, 11) is -4.80. The minimum atomic E-state index is -4.80. The molecule has 3 rings (SSSR count). The van der Waals surface area contributed by atoms with Crippen molar-refractivity contribution in [3.8, 4) is 5.75 Å². The van der Waals surface area contributed by atoms with Gasteiger partial charge in [0.05, 0.1) is 22.8 Å². The number of carbonyl (C=O) groups is 2. The first-order chi connectivity index (χ1) is 16.2. The molecule has 3 aromatic carbocycles. The number of nitrogens with one attached hydrogen (secondary N) is 1. The van der Waals surface area contributed by atoms with Crippen LogP contribution < -0.4 is 10.1 Å². The molecule has 0 aliphatic carbocycles. The van der Waals surface area contributed by atoms with E-state index < -0.39 is 38.5 Å². The molecule has 0 heterocycles. The van der Waals surface area contributed by atoms with Crippen LogP contribution in [0.15, 0.2) is 83.8 Å². The zero-order chi connectivity index (χ0) is 24.7. The number of para-hydroxylation sites is 2. The second-order valence-electron chi connectivity index (χ2n) is 6.94. The molecule has 0 bridgehead atoms. The number of carbonyl (C=O) groups excluding carboxylic acids is 2. The molecule has 7 nitrogen and oxygen atoms in total. The highest BCUT2D eigenvalue weighted by molar-refractivity contribution is 7.91. The average Bonchev–Trinajstić information content (AvgIpc) is 2.84. The second-order valence-corrected chi connectivity index (χ2v) is 8.86. The summed E-state index contributed by atoms with van der Waals surface area (Å²) in [5.41, 5.74) is 0.656. The average molecular weight is 489 g/mol. The molecule has 0 saturated heterocycles. The van der Waals surface area contributed by atoms with Crippen LogP contribution in [0.3, 0.4) is 0 Å². The second kappa shape index (κ2) is 10.9. The van der Waals surface area contributed by atoms with Gasteiger partial charge in [-0.05, 0) is 43.3 Å². The maximum absolute atomic E-state index is 13.1. The lowest BCUT2D eigenvalue weighted by molar-refractivity contribution is -0.125. The van der Waals surface area contributed by atoms with Gasteiger partial charge >= 0.3 is 11.7 Å². The largest absolute Gasteiger partial charge is 0.492 e. The number of ether oxygens (including phenoxy) is 2. The zero-order valence-corrected chi connectivity index (χ0v) is 18.8. The van der Waals surface area contributed by atoms with Crippen molar-refractivity contribution in [1.82, 2.24) is 0 Å². The molecule has 0 saturated carbocycles. The van der Waals surface area contributed by atoms with Gasteiger partial charge in [0.15, 0.2) is 0 Å². The Bertz CT molecular complexity index is 1250. The zero-order valence-electron chi connectivity index (χ0n) is 18.0. The fourth-order valence-corrected chi connectivity index (χ4v) is 3.73. The first-order valence-corrected chi connectivity index (χ1v) is 11.7. The Kier molecular flexibility index (Phi) is 7.95. The molecule has 178 valence electrons. The Labute approximate surface area is 195 Å². The van der Waals surface area contributed by atoms with Crippen LogP contribution in [0.4, 0.5) is 14.5 Å². The van der Waals surface area contributed by atoms with Crippen LogP contribution >= 0.6 is 0 Å². The third kappa shape index (κ3) is 5.76. The summed E-state index contributed by atoms with van der Waals surface area (Å²) < 4.78 is 59.6. The molecule has 1 amide bonds. The molecule has 1 atom stereocenters. The van der Waals surface area contributed by atoms with E-state index in [0.29, 0.717) is 23.6 Å². The van der Waals surface area contributed by atoms with E-state index in [0.717, 1.165) is 24.3 Å². The van der Waals surface area contributed by atoms with Crippen molar-refractivity contribution in [1.29, 1.82) is 0 Å². The van der Waals surface area contributed by atoms with Crippen LogP contribution in [-0.2, 0) is 19.4 Å². The van der Waals surface area contributed by atoms with Crippen LogP contribution in [-0.4, -0.2) is 32.7 Å². The highest BCUT2D eigenvalue weighted by Gasteiger charge is 2.29. The molecule has 34 heavy (non-hydrogen) atoms. The smallest absolute Gasteiger partial charge is 0.341 e. The van der Waals surface area contributed by atoms with Crippen molar-refractivity contribution < 1.29 is 36.3 Å². The molecule has 0 radical (unpaired) electrons. The highest BCUT2D eigenvalue weighted by Crippen LogP contribution is 2.27. The van der Waals surface area contributed by atoms with Crippen LogP contribution in [0.5, 0.6) is 5.75 Å².